The van der Waals surface area contributed by atoms with Crippen LogP contribution in [0.1, 0.15) is 31.4 Å². The average molecular weight is 265 g/mol. The van der Waals surface area contributed by atoms with Gasteiger partial charge in [0.25, 0.3) is 0 Å². The van der Waals surface area contributed by atoms with Gasteiger partial charge in [-0.15, -0.1) is 0 Å². The summed E-state index contributed by atoms with van der Waals surface area (Å²) in [6.45, 7) is 6.45. The van der Waals surface area contributed by atoms with Gasteiger partial charge in [0.05, 0.1) is 11.7 Å². The molecular weight excluding hydrogens is 246 g/mol. The minimum absolute atomic E-state index is 0.289. The molecule has 2 N–H and O–H groups in total. The third-order valence-corrected chi connectivity index (χ3v) is 2.70. The van der Waals surface area contributed by atoms with E-state index in [0.29, 0.717) is 10.2 Å². The fourth-order valence-corrected chi connectivity index (χ4v) is 1.63. The first-order valence-electron chi connectivity index (χ1n) is 6.07. The number of aromatic nitrogens is 1. The predicted molar refractivity (Wildman–Crippen MR) is 73.8 cm³/mol. The summed E-state index contributed by atoms with van der Waals surface area (Å²) >= 11 is 4.99. The van der Waals surface area contributed by atoms with Crippen LogP contribution < -0.4 is 5.32 Å². The molecule has 0 saturated carbocycles. The van der Waals surface area contributed by atoms with Crippen molar-refractivity contribution in [3.05, 3.63) is 28.0 Å². The Kier molecular flexibility index (Phi) is 6.58. The van der Waals surface area contributed by atoms with E-state index in [4.69, 9.17) is 22.2 Å². The third-order valence-electron chi connectivity index (χ3n) is 2.36. The van der Waals surface area contributed by atoms with Crippen molar-refractivity contribution in [2.75, 3.05) is 13.2 Å². The molecular formula is C13H19N3OS. The highest BCUT2D eigenvalue weighted by Crippen LogP contribution is 2.03. The molecule has 18 heavy (non-hydrogen) atoms. The molecule has 0 aromatic carbocycles. The Balaban J connectivity index is 2.28. The molecule has 0 radical (unpaired) electrons. The van der Waals surface area contributed by atoms with Crippen LogP contribution in [0.25, 0.3) is 0 Å². The Bertz CT molecular complexity index is 462. The van der Waals surface area contributed by atoms with Crippen molar-refractivity contribution in [1.29, 1.82) is 5.26 Å². The average Bonchev–Trinajstić information content (AvgIpc) is 2.35. The SMILES string of the molecule is CC(C)OCCCNCc1c[nH]c(=S)c(C#N)c1. The maximum Gasteiger partial charge on any atom is 0.121 e. The second-order valence-electron chi connectivity index (χ2n) is 4.31. The van der Waals surface area contributed by atoms with Crippen LogP contribution in [0.15, 0.2) is 12.3 Å². The predicted octanol–water partition coefficient (Wildman–Crippen LogP) is 2.52. The van der Waals surface area contributed by atoms with Gasteiger partial charge in [-0.2, -0.15) is 5.26 Å². The van der Waals surface area contributed by atoms with Crippen molar-refractivity contribution < 1.29 is 4.74 Å². The highest BCUT2D eigenvalue weighted by Gasteiger charge is 1.98. The molecule has 98 valence electrons. The number of hydrogen-bond donors (Lipinski definition) is 2. The molecule has 0 aliphatic rings. The number of hydrogen-bond acceptors (Lipinski definition) is 4. The fourth-order valence-electron chi connectivity index (χ4n) is 1.46. The highest BCUT2D eigenvalue weighted by atomic mass is 32.1. The molecule has 0 spiro atoms. The number of nitriles is 1. The lowest BCUT2D eigenvalue weighted by molar-refractivity contribution is 0.0770. The topological polar surface area (TPSA) is 60.8 Å². The Hall–Kier alpha value is -1.22. The van der Waals surface area contributed by atoms with E-state index in [-0.39, 0.29) is 6.10 Å². The van der Waals surface area contributed by atoms with Crippen molar-refractivity contribution in [3.8, 4) is 6.07 Å². The molecule has 5 heteroatoms. The molecule has 0 saturated heterocycles. The normalized spacial score (nSPS) is 10.6. The lowest BCUT2D eigenvalue weighted by atomic mass is 10.2. The van der Waals surface area contributed by atoms with Gasteiger partial charge in [0.2, 0.25) is 0 Å². The van der Waals surface area contributed by atoms with Gasteiger partial charge >= 0.3 is 0 Å². The zero-order valence-corrected chi connectivity index (χ0v) is 11.6. The summed E-state index contributed by atoms with van der Waals surface area (Å²) in [5.41, 5.74) is 1.55. The number of pyridine rings is 1. The van der Waals surface area contributed by atoms with E-state index < -0.39 is 0 Å². The van der Waals surface area contributed by atoms with E-state index >= 15 is 0 Å². The molecule has 0 fully saturated rings. The molecule has 0 amide bonds. The van der Waals surface area contributed by atoms with Crippen LogP contribution in [0, 0.1) is 16.0 Å². The summed E-state index contributed by atoms with van der Waals surface area (Å²) in [7, 11) is 0. The van der Waals surface area contributed by atoms with Gasteiger partial charge in [-0.05, 0) is 38.4 Å². The van der Waals surface area contributed by atoms with Crippen LogP contribution >= 0.6 is 12.2 Å². The zero-order valence-electron chi connectivity index (χ0n) is 10.8. The fraction of sp³-hybridized carbons (Fsp3) is 0.538. The van der Waals surface area contributed by atoms with E-state index in [1.807, 2.05) is 26.1 Å². The van der Waals surface area contributed by atoms with Gasteiger partial charge in [0.1, 0.15) is 10.7 Å². The Morgan fingerprint density at radius 2 is 2.33 bits per heavy atom. The first kappa shape index (κ1) is 14.8. The van der Waals surface area contributed by atoms with Crippen molar-refractivity contribution in [2.45, 2.75) is 32.9 Å². The Morgan fingerprint density at radius 1 is 1.56 bits per heavy atom. The van der Waals surface area contributed by atoms with Gasteiger partial charge < -0.3 is 15.0 Å². The van der Waals surface area contributed by atoms with Crippen LogP contribution in [0.4, 0.5) is 0 Å². The molecule has 4 nitrogen and oxygen atoms in total. The lowest BCUT2D eigenvalue weighted by Crippen LogP contribution is -2.17. The Morgan fingerprint density at radius 3 is 3.00 bits per heavy atom. The first-order chi connectivity index (χ1) is 8.63. The summed E-state index contributed by atoms with van der Waals surface area (Å²) in [5, 5.41) is 12.2. The third kappa shape index (κ3) is 5.41. The van der Waals surface area contributed by atoms with Crippen LogP contribution in [-0.2, 0) is 11.3 Å². The van der Waals surface area contributed by atoms with Crippen molar-refractivity contribution in [3.63, 3.8) is 0 Å². The number of rotatable bonds is 7. The number of nitrogens with one attached hydrogen (secondary N) is 2. The number of nitrogens with zero attached hydrogens (tertiary/aromatic N) is 1. The molecule has 1 rings (SSSR count). The minimum Gasteiger partial charge on any atom is -0.379 e. The van der Waals surface area contributed by atoms with Gasteiger partial charge in [-0.3, -0.25) is 0 Å². The molecule has 0 unspecified atom stereocenters. The summed E-state index contributed by atoms with van der Waals surface area (Å²) < 4.78 is 5.94. The molecule has 0 aliphatic heterocycles. The largest absolute Gasteiger partial charge is 0.379 e. The minimum atomic E-state index is 0.289. The monoisotopic (exact) mass is 265 g/mol. The quantitative estimate of drug-likeness (QED) is 0.587. The van der Waals surface area contributed by atoms with Crippen LogP contribution in [0.3, 0.4) is 0 Å². The van der Waals surface area contributed by atoms with E-state index in [9.17, 15) is 0 Å². The van der Waals surface area contributed by atoms with Crippen molar-refractivity contribution in [2.24, 2.45) is 0 Å². The van der Waals surface area contributed by atoms with Crippen molar-refractivity contribution >= 4 is 12.2 Å². The molecule has 1 aromatic rings. The molecule has 0 aliphatic carbocycles. The second-order valence-corrected chi connectivity index (χ2v) is 4.72. The van der Waals surface area contributed by atoms with E-state index in [0.717, 1.165) is 31.7 Å². The van der Waals surface area contributed by atoms with Crippen LogP contribution in [0.2, 0.25) is 0 Å². The number of aromatic amines is 1. The van der Waals surface area contributed by atoms with Crippen molar-refractivity contribution in [1.82, 2.24) is 10.3 Å². The van der Waals surface area contributed by atoms with E-state index in [1.165, 1.54) is 0 Å². The molecule has 1 aromatic heterocycles. The van der Waals surface area contributed by atoms with E-state index in [2.05, 4.69) is 16.4 Å². The zero-order chi connectivity index (χ0) is 13.4. The van der Waals surface area contributed by atoms with Gasteiger partial charge in [0.15, 0.2) is 0 Å². The number of ether oxygens (including phenoxy) is 1. The van der Waals surface area contributed by atoms with Gasteiger partial charge in [0, 0.05) is 19.3 Å². The summed E-state index contributed by atoms with van der Waals surface area (Å²) in [4.78, 5) is 2.91. The standard InChI is InChI=1S/C13H19N3OS/c1-10(2)17-5-3-4-15-8-11-6-12(7-14)13(18)16-9-11/h6,9-10,15H,3-5,8H2,1-2H3,(H,16,18). The summed E-state index contributed by atoms with van der Waals surface area (Å²) in [6.07, 6.45) is 3.10. The lowest BCUT2D eigenvalue weighted by Gasteiger charge is -2.08. The molecule has 0 bridgehead atoms. The number of H-pyrrole nitrogens is 1. The van der Waals surface area contributed by atoms with Crippen LogP contribution in [-0.4, -0.2) is 24.2 Å². The van der Waals surface area contributed by atoms with Crippen LogP contribution in [0.5, 0.6) is 0 Å². The molecule has 1 heterocycles. The summed E-state index contributed by atoms with van der Waals surface area (Å²) in [6, 6.07) is 3.89. The first-order valence-corrected chi connectivity index (χ1v) is 6.48. The highest BCUT2D eigenvalue weighted by molar-refractivity contribution is 7.71. The van der Waals surface area contributed by atoms with E-state index in [1.54, 1.807) is 0 Å². The molecule has 0 atom stereocenters. The maximum absolute atomic E-state index is 8.86. The smallest absolute Gasteiger partial charge is 0.121 e. The van der Waals surface area contributed by atoms with Gasteiger partial charge in [-0.1, -0.05) is 12.2 Å². The summed E-state index contributed by atoms with van der Waals surface area (Å²) in [5.74, 6) is 0. The van der Waals surface area contributed by atoms with Gasteiger partial charge in [-0.25, -0.2) is 0 Å². The Labute approximate surface area is 113 Å². The second kappa shape index (κ2) is 7.98. The maximum atomic E-state index is 8.86.